The molecule has 1 aromatic heterocycles. The van der Waals surface area contributed by atoms with E-state index in [1.54, 1.807) is 24.3 Å². The second-order valence-corrected chi connectivity index (χ2v) is 7.84. The van der Waals surface area contributed by atoms with Crippen LogP contribution in [0, 0.1) is 13.8 Å². The van der Waals surface area contributed by atoms with Crippen LogP contribution in [0.5, 0.6) is 11.5 Å². The van der Waals surface area contributed by atoms with Gasteiger partial charge in [-0.05, 0) is 55.0 Å². The molecule has 0 bridgehead atoms. The molecule has 0 radical (unpaired) electrons. The summed E-state index contributed by atoms with van der Waals surface area (Å²) in [5.74, 6) is 0.961. The van der Waals surface area contributed by atoms with Crippen LogP contribution in [0.25, 0.3) is 10.8 Å². The Hall–Kier alpha value is -4.33. The Labute approximate surface area is 196 Å². The normalized spacial score (nSPS) is 10.7. The highest BCUT2D eigenvalue weighted by atomic mass is 16.5. The van der Waals surface area contributed by atoms with E-state index in [0.29, 0.717) is 34.2 Å². The average molecular weight is 460 g/mol. The number of anilines is 2. The molecule has 0 atom stereocenters. The summed E-state index contributed by atoms with van der Waals surface area (Å²) in [5.41, 5.74) is 2.89. The molecule has 0 aliphatic heterocycles. The molecule has 2 amide bonds. The van der Waals surface area contributed by atoms with Crippen molar-refractivity contribution in [3.63, 3.8) is 0 Å². The van der Waals surface area contributed by atoms with Crippen LogP contribution in [-0.4, -0.2) is 24.1 Å². The van der Waals surface area contributed by atoms with Gasteiger partial charge >= 0.3 is 0 Å². The summed E-state index contributed by atoms with van der Waals surface area (Å²) in [6.07, 6.45) is 0. The first-order valence-electron chi connectivity index (χ1n) is 10.7. The Morgan fingerprint density at radius 1 is 0.971 bits per heavy atom. The molecule has 4 aromatic rings. The number of carbonyl (C=O) groups is 2. The Balaban J connectivity index is 1.69. The van der Waals surface area contributed by atoms with Crippen LogP contribution < -0.4 is 20.1 Å². The van der Waals surface area contributed by atoms with Crippen LogP contribution in [0.15, 0.2) is 59.1 Å². The predicted molar refractivity (Wildman–Crippen MR) is 130 cm³/mol. The zero-order valence-corrected chi connectivity index (χ0v) is 19.4. The monoisotopic (exact) mass is 459 g/mol. The zero-order valence-electron chi connectivity index (χ0n) is 19.4. The van der Waals surface area contributed by atoms with E-state index in [1.165, 1.54) is 14.0 Å². The van der Waals surface area contributed by atoms with Crippen LogP contribution in [0.4, 0.5) is 11.4 Å². The van der Waals surface area contributed by atoms with Crippen molar-refractivity contribution in [1.82, 2.24) is 5.16 Å². The SMILES string of the molecule is COc1ccc(NC(C)=O)cc1NC(=O)c1cc2ccccc2cc1OCc1c(C)noc1C. The molecule has 0 unspecified atom stereocenters. The van der Waals surface area contributed by atoms with Crippen molar-refractivity contribution in [2.75, 3.05) is 17.7 Å². The number of fused-ring (bicyclic) bond motifs is 1. The van der Waals surface area contributed by atoms with E-state index in [1.807, 2.05) is 44.2 Å². The molecule has 0 saturated heterocycles. The Morgan fingerprint density at radius 3 is 2.35 bits per heavy atom. The van der Waals surface area contributed by atoms with E-state index in [9.17, 15) is 9.59 Å². The Kier molecular flexibility index (Phi) is 6.49. The molecule has 0 spiro atoms. The fraction of sp³-hybridized carbons (Fsp3) is 0.192. The quantitative estimate of drug-likeness (QED) is 0.392. The highest BCUT2D eigenvalue weighted by Gasteiger charge is 2.18. The minimum absolute atomic E-state index is 0.209. The van der Waals surface area contributed by atoms with E-state index >= 15 is 0 Å². The molecule has 3 aromatic carbocycles. The molecule has 0 aliphatic rings. The van der Waals surface area contributed by atoms with Gasteiger partial charge in [0.05, 0.1) is 29.6 Å². The van der Waals surface area contributed by atoms with Gasteiger partial charge in [0.2, 0.25) is 5.91 Å². The smallest absolute Gasteiger partial charge is 0.259 e. The molecule has 34 heavy (non-hydrogen) atoms. The van der Waals surface area contributed by atoms with Crippen LogP contribution in [-0.2, 0) is 11.4 Å². The topological polar surface area (TPSA) is 103 Å². The molecular weight excluding hydrogens is 434 g/mol. The number of hydrogen-bond donors (Lipinski definition) is 2. The third-order valence-electron chi connectivity index (χ3n) is 5.41. The lowest BCUT2D eigenvalue weighted by molar-refractivity contribution is -0.114. The minimum Gasteiger partial charge on any atom is -0.495 e. The lowest BCUT2D eigenvalue weighted by Crippen LogP contribution is -2.15. The molecule has 4 rings (SSSR count). The summed E-state index contributed by atoms with van der Waals surface area (Å²) in [4.78, 5) is 24.9. The zero-order chi connectivity index (χ0) is 24.2. The largest absolute Gasteiger partial charge is 0.495 e. The first kappa shape index (κ1) is 22.8. The standard InChI is InChI=1S/C26H25N3O5/c1-15-22(16(2)34-29-15)14-33-25-12-19-8-6-5-7-18(19)11-21(25)26(31)28-23-13-20(27-17(3)30)9-10-24(23)32-4/h5-13H,14H2,1-4H3,(H,27,30)(H,28,31). The Bertz CT molecular complexity index is 1360. The van der Waals surface area contributed by atoms with E-state index in [-0.39, 0.29) is 18.4 Å². The number of amides is 2. The van der Waals surface area contributed by atoms with Gasteiger partial charge in [-0.1, -0.05) is 29.4 Å². The molecule has 0 fully saturated rings. The van der Waals surface area contributed by atoms with Gasteiger partial charge in [-0.15, -0.1) is 0 Å². The second-order valence-electron chi connectivity index (χ2n) is 7.84. The summed E-state index contributed by atoms with van der Waals surface area (Å²) in [6, 6.07) is 16.4. The Morgan fingerprint density at radius 2 is 1.71 bits per heavy atom. The summed E-state index contributed by atoms with van der Waals surface area (Å²) >= 11 is 0. The molecule has 8 heteroatoms. The fourth-order valence-electron chi connectivity index (χ4n) is 3.65. The number of ether oxygens (including phenoxy) is 2. The molecule has 1 heterocycles. The van der Waals surface area contributed by atoms with Crippen LogP contribution in [0.3, 0.4) is 0 Å². The molecule has 174 valence electrons. The van der Waals surface area contributed by atoms with Crippen molar-refractivity contribution in [3.8, 4) is 11.5 Å². The predicted octanol–water partition coefficient (Wildman–Crippen LogP) is 5.24. The number of rotatable bonds is 7. The van der Waals surface area contributed by atoms with Gasteiger partial charge in [0.15, 0.2) is 0 Å². The number of methoxy groups -OCH3 is 1. The maximum atomic E-state index is 13.4. The van der Waals surface area contributed by atoms with Gasteiger partial charge in [0, 0.05) is 12.6 Å². The number of aryl methyl sites for hydroxylation is 2. The maximum Gasteiger partial charge on any atom is 0.259 e. The van der Waals surface area contributed by atoms with E-state index in [2.05, 4.69) is 15.8 Å². The van der Waals surface area contributed by atoms with Crippen molar-refractivity contribution in [1.29, 1.82) is 0 Å². The van der Waals surface area contributed by atoms with Gasteiger partial charge in [-0.2, -0.15) is 0 Å². The number of aromatic nitrogens is 1. The van der Waals surface area contributed by atoms with Crippen molar-refractivity contribution in [2.45, 2.75) is 27.4 Å². The van der Waals surface area contributed by atoms with Gasteiger partial charge in [-0.25, -0.2) is 0 Å². The number of benzene rings is 3. The van der Waals surface area contributed by atoms with E-state index < -0.39 is 0 Å². The first-order chi connectivity index (χ1) is 16.4. The number of nitrogens with zero attached hydrogens (tertiary/aromatic N) is 1. The van der Waals surface area contributed by atoms with Gasteiger partial charge in [0.25, 0.3) is 5.91 Å². The minimum atomic E-state index is -0.377. The van der Waals surface area contributed by atoms with E-state index in [4.69, 9.17) is 14.0 Å². The molecule has 0 saturated carbocycles. The highest BCUT2D eigenvalue weighted by Crippen LogP contribution is 2.32. The maximum absolute atomic E-state index is 13.4. The third-order valence-corrected chi connectivity index (χ3v) is 5.41. The summed E-state index contributed by atoms with van der Waals surface area (Å²) in [7, 11) is 1.51. The van der Waals surface area contributed by atoms with E-state index in [0.717, 1.165) is 22.0 Å². The number of nitrogens with one attached hydrogen (secondary N) is 2. The molecule has 8 nitrogen and oxygen atoms in total. The van der Waals surface area contributed by atoms with Gasteiger partial charge in [-0.3, -0.25) is 9.59 Å². The van der Waals surface area contributed by atoms with Gasteiger partial charge < -0.3 is 24.6 Å². The lowest BCUT2D eigenvalue weighted by Gasteiger charge is -2.15. The second kappa shape index (κ2) is 9.66. The van der Waals surface area contributed by atoms with Crippen LogP contribution >= 0.6 is 0 Å². The summed E-state index contributed by atoms with van der Waals surface area (Å²) in [5, 5.41) is 11.4. The van der Waals surface area contributed by atoms with Crippen molar-refractivity contribution < 1.29 is 23.6 Å². The third kappa shape index (κ3) is 4.85. The fourth-order valence-corrected chi connectivity index (χ4v) is 3.65. The molecule has 2 N–H and O–H groups in total. The number of hydrogen-bond acceptors (Lipinski definition) is 6. The lowest BCUT2D eigenvalue weighted by atomic mass is 10.0. The van der Waals surface area contributed by atoms with Crippen molar-refractivity contribution in [2.24, 2.45) is 0 Å². The molecular formula is C26H25N3O5. The number of carbonyl (C=O) groups excluding carboxylic acids is 2. The van der Waals surface area contributed by atoms with Crippen LogP contribution in [0.1, 0.15) is 34.3 Å². The summed E-state index contributed by atoms with van der Waals surface area (Å²) < 4.78 is 16.7. The summed E-state index contributed by atoms with van der Waals surface area (Å²) in [6.45, 7) is 5.29. The molecule has 0 aliphatic carbocycles. The highest BCUT2D eigenvalue weighted by molar-refractivity contribution is 6.09. The van der Waals surface area contributed by atoms with Crippen molar-refractivity contribution in [3.05, 3.63) is 77.2 Å². The average Bonchev–Trinajstić information content (AvgIpc) is 3.13. The van der Waals surface area contributed by atoms with Crippen molar-refractivity contribution >= 4 is 34.0 Å². The first-order valence-corrected chi connectivity index (χ1v) is 10.7. The van der Waals surface area contributed by atoms with Crippen LogP contribution in [0.2, 0.25) is 0 Å². The van der Waals surface area contributed by atoms with Gasteiger partial charge in [0.1, 0.15) is 23.9 Å².